The van der Waals surface area contributed by atoms with Crippen molar-refractivity contribution in [3.8, 4) is 5.75 Å². The van der Waals surface area contributed by atoms with Crippen LogP contribution in [0.3, 0.4) is 0 Å². The van der Waals surface area contributed by atoms with E-state index >= 15 is 0 Å². The maximum atomic E-state index is 12.1. The van der Waals surface area contributed by atoms with E-state index in [1.807, 2.05) is 0 Å². The van der Waals surface area contributed by atoms with Gasteiger partial charge in [0.2, 0.25) is 0 Å². The van der Waals surface area contributed by atoms with Crippen molar-refractivity contribution in [2.75, 3.05) is 18.5 Å². The lowest BCUT2D eigenvalue weighted by molar-refractivity contribution is -0.274. The highest BCUT2D eigenvalue weighted by Crippen LogP contribution is 2.24. The van der Waals surface area contributed by atoms with Crippen molar-refractivity contribution in [2.24, 2.45) is 0 Å². The number of benzene rings is 1. The van der Waals surface area contributed by atoms with Gasteiger partial charge in [-0.25, -0.2) is 4.79 Å². The molecule has 0 saturated carbocycles. The molecular weight excluding hydrogens is 387 g/mol. The van der Waals surface area contributed by atoms with Crippen LogP contribution in [0.2, 0.25) is 0 Å². The predicted molar refractivity (Wildman–Crippen MR) is 87.0 cm³/mol. The summed E-state index contributed by atoms with van der Waals surface area (Å²) >= 11 is 0. The first-order valence-electron chi connectivity index (χ1n) is 7.83. The van der Waals surface area contributed by atoms with Gasteiger partial charge in [-0.15, -0.1) is 13.2 Å². The molecule has 0 aromatic heterocycles. The van der Waals surface area contributed by atoms with Crippen molar-refractivity contribution in [2.45, 2.75) is 25.7 Å². The van der Waals surface area contributed by atoms with Gasteiger partial charge in [0.05, 0.1) is 0 Å². The fourth-order valence-corrected chi connectivity index (χ4v) is 2.22. The Morgan fingerprint density at radius 3 is 2.29 bits per heavy atom. The fourth-order valence-electron chi connectivity index (χ4n) is 2.22. The molecule has 9 nitrogen and oxygen atoms in total. The molecule has 1 aromatic carbocycles. The van der Waals surface area contributed by atoms with Crippen LogP contribution in [-0.4, -0.2) is 53.8 Å². The number of urea groups is 1. The molecular formula is C16H16F3N3O6. The van der Waals surface area contributed by atoms with Crippen molar-refractivity contribution in [1.82, 2.24) is 10.2 Å². The Hall–Kier alpha value is -3.31. The molecule has 1 aliphatic rings. The number of alkyl halides is 3. The number of esters is 1. The van der Waals surface area contributed by atoms with Crippen LogP contribution in [0.5, 0.6) is 5.75 Å². The number of carbonyl (C=O) groups is 4. The summed E-state index contributed by atoms with van der Waals surface area (Å²) in [5.74, 6) is -2.82. The molecule has 0 atom stereocenters. The lowest BCUT2D eigenvalue weighted by atomic mass is 10.1. The monoisotopic (exact) mass is 403 g/mol. The summed E-state index contributed by atoms with van der Waals surface area (Å²) in [4.78, 5) is 47.7. The number of nitrogens with zero attached hydrogens (tertiary/aromatic N) is 1. The van der Waals surface area contributed by atoms with Crippen LogP contribution in [0.15, 0.2) is 24.3 Å². The Labute approximate surface area is 156 Å². The molecule has 2 rings (SSSR count). The Kier molecular flexibility index (Phi) is 5.81. The maximum absolute atomic E-state index is 12.1. The standard InChI is InChI=1S/C16H16F3N3O6/c1-15(2)13(25)22(14(26)21-15)7-12(24)27-8-11(23)20-9-3-5-10(6-4-9)28-16(17,18)19/h3-6H,7-8H2,1-2H3,(H,20,23)(H,21,26). The van der Waals surface area contributed by atoms with Crippen LogP contribution in [-0.2, 0) is 19.1 Å². The average molecular weight is 403 g/mol. The van der Waals surface area contributed by atoms with Crippen LogP contribution in [0, 0.1) is 0 Å². The smallest absolute Gasteiger partial charge is 0.454 e. The largest absolute Gasteiger partial charge is 0.573 e. The Morgan fingerprint density at radius 1 is 1.18 bits per heavy atom. The number of amides is 4. The van der Waals surface area contributed by atoms with Gasteiger partial charge >= 0.3 is 18.4 Å². The topological polar surface area (TPSA) is 114 Å². The highest BCUT2D eigenvalue weighted by Gasteiger charge is 2.45. The van der Waals surface area contributed by atoms with Crippen molar-refractivity contribution >= 4 is 29.5 Å². The second-order valence-electron chi connectivity index (χ2n) is 6.23. The second kappa shape index (κ2) is 7.74. The first-order chi connectivity index (χ1) is 12.9. The molecule has 0 radical (unpaired) electrons. The maximum Gasteiger partial charge on any atom is 0.573 e. The minimum atomic E-state index is -4.83. The number of hydrogen-bond donors (Lipinski definition) is 2. The first kappa shape index (κ1) is 21.0. The van der Waals surface area contributed by atoms with E-state index in [1.165, 1.54) is 13.8 Å². The lowest BCUT2D eigenvalue weighted by Crippen LogP contribution is -2.41. The number of rotatable bonds is 6. The van der Waals surface area contributed by atoms with Gasteiger partial charge in [0.25, 0.3) is 11.8 Å². The summed E-state index contributed by atoms with van der Waals surface area (Å²) in [6, 6.07) is 3.56. The zero-order valence-electron chi connectivity index (χ0n) is 14.8. The van der Waals surface area contributed by atoms with Crippen LogP contribution in [0.1, 0.15) is 13.8 Å². The van der Waals surface area contributed by atoms with Crippen LogP contribution in [0.25, 0.3) is 0 Å². The Morgan fingerprint density at radius 2 is 1.79 bits per heavy atom. The molecule has 1 saturated heterocycles. The fraction of sp³-hybridized carbons (Fsp3) is 0.375. The molecule has 152 valence electrons. The van der Waals surface area contributed by atoms with E-state index in [0.717, 1.165) is 24.3 Å². The Balaban J connectivity index is 1.80. The molecule has 0 unspecified atom stereocenters. The number of anilines is 1. The van der Waals surface area contributed by atoms with E-state index in [4.69, 9.17) is 4.74 Å². The van der Waals surface area contributed by atoms with Gasteiger partial charge in [0.15, 0.2) is 6.61 Å². The number of halogens is 3. The molecule has 0 aliphatic carbocycles. The molecule has 0 bridgehead atoms. The van der Waals surface area contributed by atoms with E-state index in [0.29, 0.717) is 4.90 Å². The summed E-state index contributed by atoms with van der Waals surface area (Å²) in [5, 5.41) is 4.68. The van der Waals surface area contributed by atoms with Crippen LogP contribution in [0.4, 0.5) is 23.7 Å². The van der Waals surface area contributed by atoms with E-state index in [2.05, 4.69) is 15.4 Å². The van der Waals surface area contributed by atoms with Gasteiger partial charge < -0.3 is 20.1 Å². The SMILES string of the molecule is CC1(C)NC(=O)N(CC(=O)OCC(=O)Nc2ccc(OC(F)(F)F)cc2)C1=O. The summed E-state index contributed by atoms with van der Waals surface area (Å²) in [5.41, 5.74) is -0.997. The van der Waals surface area contributed by atoms with Gasteiger partial charge in [-0.05, 0) is 38.1 Å². The summed E-state index contributed by atoms with van der Waals surface area (Å²) < 4.78 is 44.6. The van der Waals surface area contributed by atoms with Crippen molar-refractivity contribution in [3.63, 3.8) is 0 Å². The minimum Gasteiger partial charge on any atom is -0.454 e. The highest BCUT2D eigenvalue weighted by molar-refractivity contribution is 6.08. The van der Waals surface area contributed by atoms with E-state index in [-0.39, 0.29) is 5.69 Å². The molecule has 1 heterocycles. The van der Waals surface area contributed by atoms with E-state index in [9.17, 15) is 32.3 Å². The number of ether oxygens (including phenoxy) is 2. The molecule has 1 aliphatic heterocycles. The predicted octanol–water partition coefficient (Wildman–Crippen LogP) is 1.40. The second-order valence-corrected chi connectivity index (χ2v) is 6.23. The quantitative estimate of drug-likeness (QED) is 0.548. The summed E-state index contributed by atoms with van der Waals surface area (Å²) in [6.45, 7) is 1.56. The number of nitrogens with one attached hydrogen (secondary N) is 2. The van der Waals surface area contributed by atoms with E-state index in [1.54, 1.807) is 0 Å². The first-order valence-corrected chi connectivity index (χ1v) is 7.83. The highest BCUT2D eigenvalue weighted by atomic mass is 19.4. The summed E-state index contributed by atoms with van der Waals surface area (Å²) in [6.07, 6.45) is -4.83. The normalized spacial score (nSPS) is 15.8. The number of imide groups is 1. The zero-order chi connectivity index (χ0) is 21.1. The zero-order valence-corrected chi connectivity index (χ0v) is 14.8. The molecule has 4 amide bonds. The van der Waals surface area contributed by atoms with Gasteiger partial charge in [-0.2, -0.15) is 0 Å². The Bertz CT molecular complexity index is 792. The third-order valence-corrected chi connectivity index (χ3v) is 3.47. The third-order valence-electron chi connectivity index (χ3n) is 3.47. The van der Waals surface area contributed by atoms with Crippen molar-refractivity contribution in [3.05, 3.63) is 24.3 Å². The molecule has 12 heteroatoms. The third kappa shape index (κ3) is 5.59. The number of carbonyl (C=O) groups excluding carboxylic acids is 4. The van der Waals surface area contributed by atoms with Gasteiger partial charge in [0.1, 0.15) is 17.8 Å². The van der Waals surface area contributed by atoms with Crippen molar-refractivity contribution in [1.29, 1.82) is 0 Å². The van der Waals surface area contributed by atoms with Crippen molar-refractivity contribution < 1.29 is 41.8 Å². The average Bonchev–Trinajstić information content (AvgIpc) is 2.75. The van der Waals surface area contributed by atoms with Gasteiger partial charge in [-0.1, -0.05) is 0 Å². The number of hydrogen-bond acceptors (Lipinski definition) is 6. The summed E-state index contributed by atoms with van der Waals surface area (Å²) in [7, 11) is 0. The van der Waals surface area contributed by atoms with Gasteiger partial charge in [0, 0.05) is 5.69 Å². The minimum absolute atomic E-state index is 0.145. The van der Waals surface area contributed by atoms with E-state index < -0.39 is 54.6 Å². The lowest BCUT2D eigenvalue weighted by Gasteiger charge is -2.15. The van der Waals surface area contributed by atoms with Gasteiger partial charge in [-0.3, -0.25) is 19.3 Å². The van der Waals surface area contributed by atoms with Crippen LogP contribution >= 0.6 is 0 Å². The molecule has 2 N–H and O–H groups in total. The molecule has 1 fully saturated rings. The van der Waals surface area contributed by atoms with Crippen LogP contribution < -0.4 is 15.4 Å². The molecule has 0 spiro atoms. The molecule has 1 aromatic rings. The molecule has 28 heavy (non-hydrogen) atoms.